The number of hydrogen-bond donors (Lipinski definition) is 0. The zero-order chi connectivity index (χ0) is 25.0. The first-order valence-corrected chi connectivity index (χ1v) is 11.8. The Morgan fingerprint density at radius 2 is 1.63 bits per heavy atom. The number of halogens is 3. The summed E-state index contributed by atoms with van der Waals surface area (Å²) in [4.78, 5) is 29.5. The fraction of sp³-hybridized carbons (Fsp3) is 0.462. The van der Waals surface area contributed by atoms with Gasteiger partial charge in [-0.15, -0.1) is 13.2 Å². The van der Waals surface area contributed by atoms with Crippen LogP contribution in [0.5, 0.6) is 5.75 Å². The van der Waals surface area contributed by atoms with Crippen molar-refractivity contribution in [1.29, 1.82) is 0 Å². The van der Waals surface area contributed by atoms with Crippen LogP contribution in [0.2, 0.25) is 0 Å². The van der Waals surface area contributed by atoms with Crippen LogP contribution in [0.25, 0.3) is 11.1 Å². The lowest BCUT2D eigenvalue weighted by atomic mass is 9.91. The number of ether oxygens (including phenoxy) is 2. The molecule has 2 aromatic rings. The predicted octanol–water partition coefficient (Wildman–Crippen LogP) is 4.66. The Morgan fingerprint density at radius 1 is 0.971 bits per heavy atom. The molecule has 0 bridgehead atoms. The first-order chi connectivity index (χ1) is 16.7. The normalized spacial score (nSPS) is 17.4. The third-order valence-corrected chi connectivity index (χ3v) is 6.69. The van der Waals surface area contributed by atoms with E-state index in [1.807, 2.05) is 22.8 Å². The molecule has 35 heavy (non-hydrogen) atoms. The minimum absolute atomic E-state index is 0.0701. The molecule has 0 atom stereocenters. The van der Waals surface area contributed by atoms with Crippen LogP contribution in [-0.4, -0.2) is 67.4 Å². The lowest BCUT2D eigenvalue weighted by Crippen LogP contribution is -2.43. The van der Waals surface area contributed by atoms with Crippen LogP contribution in [0.4, 0.5) is 13.2 Å². The third kappa shape index (κ3) is 6.33. The standard InChI is InChI=1S/C26H29F3N2O4/c1-18-22(20-5-7-21(8-6-20)35-26(27,28)29)3-2-4-23(18)25(33)31-11-9-19(10-12-31)17-24(32)30-13-15-34-16-14-30/h2-8,19H,9-17H2,1H3. The number of carbonyl (C=O) groups is 2. The molecule has 4 rings (SSSR count). The third-order valence-electron chi connectivity index (χ3n) is 6.69. The maximum absolute atomic E-state index is 13.3. The monoisotopic (exact) mass is 490 g/mol. The quantitative estimate of drug-likeness (QED) is 0.612. The SMILES string of the molecule is Cc1c(C(=O)N2CCC(CC(=O)N3CCOCC3)CC2)cccc1-c1ccc(OC(F)(F)F)cc1. The largest absolute Gasteiger partial charge is 0.573 e. The molecule has 0 unspecified atom stereocenters. The number of rotatable bonds is 5. The highest BCUT2D eigenvalue weighted by Gasteiger charge is 2.31. The van der Waals surface area contributed by atoms with Gasteiger partial charge in [-0.25, -0.2) is 0 Å². The highest BCUT2D eigenvalue weighted by molar-refractivity contribution is 5.97. The van der Waals surface area contributed by atoms with Gasteiger partial charge in [-0.3, -0.25) is 9.59 Å². The van der Waals surface area contributed by atoms with Crippen molar-refractivity contribution in [2.75, 3.05) is 39.4 Å². The summed E-state index contributed by atoms with van der Waals surface area (Å²) in [5.41, 5.74) is 2.82. The van der Waals surface area contributed by atoms with Gasteiger partial charge < -0.3 is 19.3 Å². The Morgan fingerprint density at radius 3 is 2.26 bits per heavy atom. The number of carbonyl (C=O) groups excluding carboxylic acids is 2. The fourth-order valence-corrected chi connectivity index (χ4v) is 4.72. The molecule has 2 aromatic carbocycles. The van der Waals surface area contributed by atoms with E-state index in [1.54, 1.807) is 24.3 Å². The smallest absolute Gasteiger partial charge is 0.406 e. The molecule has 0 spiro atoms. The molecule has 9 heteroatoms. The number of alkyl halides is 3. The molecule has 0 aromatic heterocycles. The van der Waals surface area contributed by atoms with E-state index >= 15 is 0 Å². The van der Waals surface area contributed by atoms with Crippen molar-refractivity contribution < 1.29 is 32.2 Å². The van der Waals surface area contributed by atoms with Crippen molar-refractivity contribution in [1.82, 2.24) is 9.80 Å². The molecule has 2 amide bonds. The Balaban J connectivity index is 1.38. The second kappa shape index (κ2) is 10.7. The number of hydrogen-bond acceptors (Lipinski definition) is 4. The molecule has 0 aliphatic carbocycles. The summed E-state index contributed by atoms with van der Waals surface area (Å²) < 4.78 is 46.5. The van der Waals surface area contributed by atoms with Crippen molar-refractivity contribution in [3.63, 3.8) is 0 Å². The molecule has 2 saturated heterocycles. The molecule has 2 heterocycles. The van der Waals surface area contributed by atoms with E-state index in [4.69, 9.17) is 4.74 Å². The average molecular weight is 491 g/mol. The number of benzene rings is 2. The van der Waals surface area contributed by atoms with Crippen LogP contribution >= 0.6 is 0 Å². The number of amides is 2. The molecule has 2 aliphatic heterocycles. The Hall–Kier alpha value is -3.07. The minimum atomic E-state index is -4.74. The van der Waals surface area contributed by atoms with Crippen molar-refractivity contribution in [3.8, 4) is 16.9 Å². The van der Waals surface area contributed by atoms with Crippen LogP contribution in [0.3, 0.4) is 0 Å². The van der Waals surface area contributed by atoms with Crippen molar-refractivity contribution >= 4 is 11.8 Å². The molecular formula is C26H29F3N2O4. The minimum Gasteiger partial charge on any atom is -0.406 e. The van der Waals surface area contributed by atoms with Gasteiger partial charge in [0.2, 0.25) is 5.91 Å². The summed E-state index contributed by atoms with van der Waals surface area (Å²) in [6.45, 7) is 5.48. The summed E-state index contributed by atoms with van der Waals surface area (Å²) in [6.07, 6.45) is -2.68. The Kier molecular flexibility index (Phi) is 7.64. The summed E-state index contributed by atoms with van der Waals surface area (Å²) in [7, 11) is 0. The zero-order valence-corrected chi connectivity index (χ0v) is 19.6. The summed E-state index contributed by atoms with van der Waals surface area (Å²) in [6, 6.07) is 11.0. The van der Waals surface area contributed by atoms with Gasteiger partial charge in [0, 0.05) is 38.2 Å². The number of likely N-dealkylation sites (tertiary alicyclic amines) is 1. The van der Waals surface area contributed by atoms with Gasteiger partial charge in [-0.2, -0.15) is 0 Å². The van der Waals surface area contributed by atoms with E-state index < -0.39 is 6.36 Å². The molecule has 2 fully saturated rings. The van der Waals surface area contributed by atoms with E-state index in [0.29, 0.717) is 56.9 Å². The molecule has 188 valence electrons. The van der Waals surface area contributed by atoms with Gasteiger partial charge in [0.1, 0.15) is 5.75 Å². The maximum Gasteiger partial charge on any atom is 0.573 e. The molecule has 6 nitrogen and oxygen atoms in total. The van der Waals surface area contributed by atoms with Crippen LogP contribution in [0.1, 0.15) is 35.2 Å². The summed E-state index contributed by atoms with van der Waals surface area (Å²) in [5.74, 6) is 0.0629. The van der Waals surface area contributed by atoms with E-state index in [1.165, 1.54) is 12.1 Å². The van der Waals surface area contributed by atoms with Gasteiger partial charge in [-0.1, -0.05) is 24.3 Å². The molecular weight excluding hydrogens is 461 g/mol. The van der Waals surface area contributed by atoms with Gasteiger partial charge in [0.15, 0.2) is 0 Å². The number of piperidine rings is 1. The Bertz CT molecular complexity index is 1040. The van der Waals surface area contributed by atoms with E-state index in [2.05, 4.69) is 4.74 Å². The first kappa shape index (κ1) is 25.0. The molecule has 0 N–H and O–H groups in total. The number of nitrogens with zero attached hydrogens (tertiary/aromatic N) is 2. The van der Waals surface area contributed by atoms with E-state index in [-0.39, 0.29) is 23.5 Å². The topological polar surface area (TPSA) is 59.1 Å². The summed E-state index contributed by atoms with van der Waals surface area (Å²) >= 11 is 0. The zero-order valence-electron chi connectivity index (χ0n) is 19.6. The first-order valence-electron chi connectivity index (χ1n) is 11.8. The second-order valence-electron chi connectivity index (χ2n) is 8.98. The molecule has 2 aliphatic rings. The van der Waals surface area contributed by atoms with Gasteiger partial charge in [-0.05, 0) is 60.6 Å². The van der Waals surface area contributed by atoms with Gasteiger partial charge in [0.25, 0.3) is 5.91 Å². The maximum atomic E-state index is 13.3. The van der Waals surface area contributed by atoms with Crippen molar-refractivity contribution in [3.05, 3.63) is 53.6 Å². The average Bonchev–Trinajstić information content (AvgIpc) is 2.84. The molecule has 0 radical (unpaired) electrons. The van der Waals surface area contributed by atoms with Crippen molar-refractivity contribution in [2.24, 2.45) is 5.92 Å². The lowest BCUT2D eigenvalue weighted by Gasteiger charge is -2.34. The predicted molar refractivity (Wildman–Crippen MR) is 124 cm³/mol. The highest BCUT2D eigenvalue weighted by Crippen LogP contribution is 2.31. The second-order valence-corrected chi connectivity index (χ2v) is 8.98. The van der Waals surface area contributed by atoms with E-state index in [9.17, 15) is 22.8 Å². The van der Waals surface area contributed by atoms with Crippen LogP contribution in [0, 0.1) is 12.8 Å². The van der Waals surface area contributed by atoms with Gasteiger partial charge >= 0.3 is 6.36 Å². The Labute approximate surface area is 202 Å². The number of morpholine rings is 1. The fourth-order valence-electron chi connectivity index (χ4n) is 4.72. The summed E-state index contributed by atoms with van der Waals surface area (Å²) in [5, 5.41) is 0. The van der Waals surface area contributed by atoms with Crippen molar-refractivity contribution in [2.45, 2.75) is 32.5 Å². The van der Waals surface area contributed by atoms with Gasteiger partial charge in [0.05, 0.1) is 13.2 Å². The van der Waals surface area contributed by atoms with Crippen LogP contribution < -0.4 is 4.74 Å². The lowest BCUT2D eigenvalue weighted by molar-refractivity contribution is -0.274. The van der Waals surface area contributed by atoms with Crippen LogP contribution in [0.15, 0.2) is 42.5 Å². The van der Waals surface area contributed by atoms with E-state index in [0.717, 1.165) is 24.0 Å². The highest BCUT2D eigenvalue weighted by atomic mass is 19.4. The van der Waals surface area contributed by atoms with Crippen LogP contribution in [-0.2, 0) is 9.53 Å². The molecule has 0 saturated carbocycles.